The standard InChI is InChI=1S/C30H30N12O2.2C16H22N6.2C4H10O2.4BF4.2Fe/c1-11-31-37(17-1)29(38-18-2-12-32-38,39-19-3-13-33-39)25-43-23-27-7-9-28(10-8-27)24-44-26-30(40-20-4-14-34-40,41-21-5-15-35-41)42-22-6-16-36-42;2*1-10-7-13(4)20(17-10)16(21-14(5)8-11(2)18-21)22-15(6)9-12(3)19-22;2*1-5-3-4-6-2;4*2-1(3,4)5;;/h1-22H,23-26H2;2*7-9,16H,1-6H3;2*3-4H2,1-2H3;;;;;;/q;;;;;4*-1;2*+2. The van der Waals surface area contributed by atoms with Gasteiger partial charge in [-0.1, -0.05) is 24.3 Å². The molecule has 0 aliphatic heterocycles. The van der Waals surface area contributed by atoms with Crippen molar-refractivity contribution in [3.05, 3.63) is 251 Å². The first-order valence-corrected chi connectivity index (χ1v) is 36.2. The third-order valence-corrected chi connectivity index (χ3v) is 15.9. The number of halogens is 16. The summed E-state index contributed by atoms with van der Waals surface area (Å²) in [4.78, 5) is 0. The monoisotopic (exact) mass is 1830 g/mol. The Hall–Kier alpha value is -10.3. The number of aryl methyl sites for hydroxylation is 12. The Morgan fingerprint density at radius 2 is 0.443 bits per heavy atom. The number of rotatable bonds is 26. The van der Waals surface area contributed by atoms with Crippen LogP contribution in [0.15, 0.2) is 171 Å². The van der Waals surface area contributed by atoms with Gasteiger partial charge >= 0.3 is 63.2 Å². The largest absolute Gasteiger partial charge is 2.00 e. The molecule has 0 unspecified atom stereocenters. The summed E-state index contributed by atoms with van der Waals surface area (Å²) in [5.41, 5.74) is 14.5. The van der Waals surface area contributed by atoms with Gasteiger partial charge in [-0.3, -0.25) is 0 Å². The van der Waals surface area contributed by atoms with E-state index in [1.54, 1.807) is 93.7 Å². The second-order valence-corrected chi connectivity index (χ2v) is 25.9. The van der Waals surface area contributed by atoms with Crippen LogP contribution in [0.25, 0.3) is 0 Å². The summed E-state index contributed by atoms with van der Waals surface area (Å²) in [6.07, 6.45) is 21.2. The average molecular weight is 1830 g/mol. The number of ether oxygens (including phenoxy) is 6. The van der Waals surface area contributed by atoms with Gasteiger partial charge in [0.2, 0.25) is 12.6 Å². The number of nitrogens with zero attached hydrogens (tertiary/aromatic N) is 24. The zero-order valence-corrected chi connectivity index (χ0v) is 71.4. The van der Waals surface area contributed by atoms with Crippen molar-refractivity contribution in [3.8, 4) is 0 Å². The Labute approximate surface area is 714 Å². The summed E-state index contributed by atoms with van der Waals surface area (Å²) < 4.78 is 210. The fourth-order valence-electron chi connectivity index (χ4n) is 11.5. The Morgan fingerprint density at radius 3 is 0.557 bits per heavy atom. The van der Waals surface area contributed by atoms with Crippen molar-refractivity contribution in [1.82, 2.24) is 117 Å². The second-order valence-electron chi connectivity index (χ2n) is 25.9. The van der Waals surface area contributed by atoms with Crippen LogP contribution in [-0.4, -0.2) is 214 Å². The summed E-state index contributed by atoms with van der Waals surface area (Å²) in [6.45, 7) is 28.4. The van der Waals surface area contributed by atoms with Crippen molar-refractivity contribution < 1.29 is 132 Å². The van der Waals surface area contributed by atoms with Crippen LogP contribution in [0.3, 0.4) is 0 Å². The number of aromatic nitrogens is 24. The van der Waals surface area contributed by atoms with E-state index in [1.807, 2.05) is 167 Å². The van der Waals surface area contributed by atoms with E-state index < -0.39 is 40.6 Å². The van der Waals surface area contributed by atoms with Crippen molar-refractivity contribution in [2.45, 2.75) is 120 Å². The molecule has 0 fully saturated rings. The quantitative estimate of drug-likeness (QED) is 0.0277. The molecule has 0 amide bonds. The zero-order chi connectivity index (χ0) is 89.3. The minimum atomic E-state index is -6.00. The minimum Gasteiger partial charge on any atom is -0.418 e. The topological polar surface area (TPSA) is 269 Å². The molecule has 0 N–H and O–H groups in total. The Bertz CT molecular complexity index is 4220. The molecule has 0 radical (unpaired) electrons. The molecule has 670 valence electrons. The molecule has 30 nitrogen and oxygen atoms in total. The number of hydrogen-bond acceptors (Lipinski definition) is 18. The smallest absolute Gasteiger partial charge is 0.418 e. The van der Waals surface area contributed by atoms with Crippen molar-refractivity contribution in [2.24, 2.45) is 0 Å². The van der Waals surface area contributed by atoms with Gasteiger partial charge in [-0.15, -0.1) is 0 Å². The molecule has 12 heterocycles. The van der Waals surface area contributed by atoms with Crippen LogP contribution in [0, 0.1) is 83.1 Å². The maximum absolute atomic E-state index is 9.75. The van der Waals surface area contributed by atoms with Crippen LogP contribution in [-0.2, 0) is 87.3 Å². The van der Waals surface area contributed by atoms with Crippen LogP contribution >= 0.6 is 0 Å². The van der Waals surface area contributed by atoms with Gasteiger partial charge in [-0.2, -0.15) is 61.2 Å². The summed E-state index contributed by atoms with van der Waals surface area (Å²) in [5.74, 6) is -1.90. The molecule has 52 heteroatoms. The Morgan fingerprint density at radius 1 is 0.287 bits per heavy atom. The van der Waals surface area contributed by atoms with Gasteiger partial charge in [0.05, 0.1) is 73.8 Å². The maximum atomic E-state index is 9.75. The third kappa shape index (κ3) is 34.5. The predicted octanol–water partition coefficient (Wildman–Crippen LogP) is 13.8. The van der Waals surface area contributed by atoms with Crippen LogP contribution in [0.1, 0.15) is 92.0 Å². The fraction of sp³-hybridized carbons (Fsp3) is 0.400. The molecule has 0 saturated carbocycles. The summed E-state index contributed by atoms with van der Waals surface area (Å²) in [6, 6.07) is 31.8. The van der Waals surface area contributed by atoms with Gasteiger partial charge in [0.1, 0.15) is 13.2 Å². The maximum Gasteiger partial charge on any atom is 2.00 e. The van der Waals surface area contributed by atoms with Crippen LogP contribution in [0.4, 0.5) is 69.1 Å². The van der Waals surface area contributed by atoms with Gasteiger partial charge in [-0.05, 0) is 167 Å². The number of benzene rings is 1. The van der Waals surface area contributed by atoms with Crippen molar-refractivity contribution in [2.75, 3.05) is 68.1 Å². The van der Waals surface area contributed by atoms with Gasteiger partial charge in [0, 0.05) is 137 Å². The molecule has 0 atom stereocenters. The van der Waals surface area contributed by atoms with E-state index in [9.17, 15) is 69.1 Å². The van der Waals surface area contributed by atoms with E-state index in [2.05, 4.69) is 158 Å². The zero-order valence-electron chi connectivity index (χ0n) is 69.2. The van der Waals surface area contributed by atoms with E-state index in [-0.39, 0.29) is 59.9 Å². The average Bonchev–Trinajstić information content (AvgIpc) is 1.61. The van der Waals surface area contributed by atoms with Gasteiger partial charge < -0.3 is 97.5 Å². The van der Waals surface area contributed by atoms with Crippen molar-refractivity contribution in [1.29, 1.82) is 0 Å². The molecule has 122 heavy (non-hydrogen) atoms. The van der Waals surface area contributed by atoms with Gasteiger partial charge in [0.15, 0.2) is 0 Å². The Kier molecular flexibility index (Phi) is 43.1. The normalized spacial score (nSPS) is 11.4. The SMILES string of the molecule is COCCOC.COCCOC.Cc1cc(C)n(C(n2nc(C)cc2C)n2nc(C)cc2C)n1.Cc1cc(C)n(C(n2nc(C)cc2C)n2nc(C)cc2C)n1.F[B-](F)(F)F.F[B-](F)(F)F.F[B-](F)(F)F.F[B-](F)(F)F.[Fe+2].[Fe+2].c1cnn(C(COCc2ccc(COCC(n3cccn3)(n3cccn3)n3cccn3)cc2)(n2cccn2)n2cccn2)c1. The molecule has 0 spiro atoms. The molecule has 0 bridgehead atoms. The molecular weight excluding hydrogens is 1730 g/mol. The summed E-state index contributed by atoms with van der Waals surface area (Å²) in [5, 5.41) is 55.1. The fourth-order valence-corrected chi connectivity index (χ4v) is 11.5. The molecule has 0 aliphatic rings. The van der Waals surface area contributed by atoms with E-state index in [1.165, 1.54) is 0 Å². The van der Waals surface area contributed by atoms with Gasteiger partial charge in [-0.25, -0.2) is 56.2 Å². The Balaban J connectivity index is 0.000000417. The molecule has 13 aromatic rings. The van der Waals surface area contributed by atoms with Crippen LogP contribution < -0.4 is 0 Å². The van der Waals surface area contributed by atoms with Gasteiger partial charge in [0.25, 0.3) is 11.6 Å². The number of hydrogen-bond donors (Lipinski definition) is 0. The molecular formula is C70H94B4F16Fe2N24O6. The van der Waals surface area contributed by atoms with E-state index in [0.29, 0.717) is 39.6 Å². The van der Waals surface area contributed by atoms with Crippen molar-refractivity contribution in [3.63, 3.8) is 0 Å². The van der Waals surface area contributed by atoms with Crippen LogP contribution in [0.2, 0.25) is 0 Å². The molecule has 13 rings (SSSR count). The molecule has 12 aromatic heterocycles. The first-order chi connectivity index (χ1) is 56.3. The van der Waals surface area contributed by atoms with Crippen molar-refractivity contribution >= 4 is 29.0 Å². The first kappa shape index (κ1) is 106. The minimum absolute atomic E-state index is 0. The first-order valence-electron chi connectivity index (χ1n) is 36.2. The molecule has 0 saturated heterocycles. The third-order valence-electron chi connectivity index (χ3n) is 15.9. The summed E-state index contributed by atoms with van der Waals surface area (Å²) in [7, 11) is -17.4. The molecule has 1 aromatic carbocycles. The van der Waals surface area contributed by atoms with E-state index in [0.717, 1.165) is 79.5 Å². The van der Waals surface area contributed by atoms with E-state index >= 15 is 0 Å². The predicted molar refractivity (Wildman–Crippen MR) is 415 cm³/mol. The summed E-state index contributed by atoms with van der Waals surface area (Å²) >= 11 is 0. The number of methoxy groups -OCH3 is 4. The van der Waals surface area contributed by atoms with E-state index in [4.69, 9.17) is 9.47 Å². The second kappa shape index (κ2) is 49.7. The molecule has 0 aliphatic carbocycles. The van der Waals surface area contributed by atoms with Crippen LogP contribution in [0.5, 0.6) is 0 Å².